The molecular formula is C11H21N3O2. The van der Waals surface area contributed by atoms with Gasteiger partial charge in [-0.3, -0.25) is 10.1 Å². The van der Waals surface area contributed by atoms with Crippen LogP contribution in [-0.4, -0.2) is 48.7 Å². The van der Waals surface area contributed by atoms with Gasteiger partial charge in [0.15, 0.2) is 0 Å². The molecule has 0 rings (SSSR count). The van der Waals surface area contributed by atoms with Gasteiger partial charge >= 0.3 is 5.97 Å². The van der Waals surface area contributed by atoms with Crippen molar-refractivity contribution in [3.8, 4) is 6.07 Å². The van der Waals surface area contributed by atoms with Crippen molar-refractivity contribution in [2.75, 3.05) is 27.2 Å². The lowest BCUT2D eigenvalue weighted by Crippen LogP contribution is -2.44. The van der Waals surface area contributed by atoms with Gasteiger partial charge in [0.2, 0.25) is 0 Å². The molecule has 0 aromatic carbocycles. The number of rotatable bonds is 8. The molecule has 0 aliphatic heterocycles. The maximum absolute atomic E-state index is 10.4. The van der Waals surface area contributed by atoms with E-state index < -0.39 is 11.5 Å². The summed E-state index contributed by atoms with van der Waals surface area (Å²) < 4.78 is 0. The van der Waals surface area contributed by atoms with E-state index in [1.807, 2.05) is 25.9 Å². The number of carboxylic acid groups (broad SMARTS) is 1. The van der Waals surface area contributed by atoms with Crippen molar-refractivity contribution in [2.45, 2.75) is 31.7 Å². The van der Waals surface area contributed by atoms with E-state index in [-0.39, 0.29) is 6.42 Å². The Labute approximate surface area is 97.0 Å². The molecule has 5 nitrogen and oxygen atoms in total. The van der Waals surface area contributed by atoms with Gasteiger partial charge < -0.3 is 10.0 Å². The third-order valence-corrected chi connectivity index (χ3v) is 2.39. The normalized spacial score (nSPS) is 14.4. The fraction of sp³-hybridized carbons (Fsp3) is 0.818. The molecule has 92 valence electrons. The van der Waals surface area contributed by atoms with Crippen molar-refractivity contribution in [3.63, 3.8) is 0 Å². The first kappa shape index (κ1) is 14.9. The fourth-order valence-corrected chi connectivity index (χ4v) is 1.33. The minimum absolute atomic E-state index is 0.118. The molecule has 0 saturated heterocycles. The number of nitriles is 1. The van der Waals surface area contributed by atoms with Crippen molar-refractivity contribution < 1.29 is 9.90 Å². The van der Waals surface area contributed by atoms with Crippen LogP contribution in [-0.2, 0) is 4.79 Å². The smallest absolute Gasteiger partial charge is 0.303 e. The Bertz CT molecular complexity index is 260. The summed E-state index contributed by atoms with van der Waals surface area (Å²) in [6.07, 6.45) is 1.20. The lowest BCUT2D eigenvalue weighted by Gasteiger charge is -2.24. The van der Waals surface area contributed by atoms with Gasteiger partial charge in [0.25, 0.3) is 0 Å². The van der Waals surface area contributed by atoms with Crippen LogP contribution in [0.15, 0.2) is 0 Å². The minimum Gasteiger partial charge on any atom is -0.481 e. The van der Waals surface area contributed by atoms with Gasteiger partial charge in [0.05, 0.1) is 6.07 Å². The zero-order valence-electron chi connectivity index (χ0n) is 10.3. The monoisotopic (exact) mass is 227 g/mol. The lowest BCUT2D eigenvalue weighted by molar-refractivity contribution is -0.137. The molecule has 0 heterocycles. The maximum Gasteiger partial charge on any atom is 0.303 e. The number of hydrogen-bond acceptors (Lipinski definition) is 4. The van der Waals surface area contributed by atoms with Crippen LogP contribution in [0.3, 0.4) is 0 Å². The van der Waals surface area contributed by atoms with Crippen LogP contribution in [0.1, 0.15) is 26.2 Å². The van der Waals surface area contributed by atoms with Crippen LogP contribution >= 0.6 is 0 Å². The third-order valence-electron chi connectivity index (χ3n) is 2.39. The van der Waals surface area contributed by atoms with Crippen LogP contribution in [0.2, 0.25) is 0 Å². The highest BCUT2D eigenvalue weighted by Crippen LogP contribution is 2.12. The van der Waals surface area contributed by atoms with Gasteiger partial charge in [-0.25, -0.2) is 0 Å². The average Bonchev–Trinajstić information content (AvgIpc) is 2.16. The first-order valence-corrected chi connectivity index (χ1v) is 5.42. The second kappa shape index (κ2) is 7.20. The molecule has 0 aliphatic rings. The number of nitrogens with zero attached hydrogens (tertiary/aromatic N) is 2. The predicted octanol–water partition coefficient (Wildman–Crippen LogP) is 0.675. The summed E-state index contributed by atoms with van der Waals surface area (Å²) in [6, 6.07) is 2.20. The molecule has 0 amide bonds. The minimum atomic E-state index is -0.811. The third kappa shape index (κ3) is 7.21. The number of nitrogens with one attached hydrogen (secondary N) is 1. The quantitative estimate of drug-likeness (QED) is 0.637. The highest BCUT2D eigenvalue weighted by Gasteiger charge is 2.22. The molecule has 0 radical (unpaired) electrons. The number of likely N-dealkylation sites (N-methyl/N-ethyl adjacent to an activating group) is 1. The van der Waals surface area contributed by atoms with Gasteiger partial charge in [0, 0.05) is 19.5 Å². The number of hydrogen-bond donors (Lipinski definition) is 2. The molecule has 0 aromatic heterocycles. The van der Waals surface area contributed by atoms with E-state index >= 15 is 0 Å². The van der Waals surface area contributed by atoms with E-state index in [0.717, 1.165) is 13.1 Å². The van der Waals surface area contributed by atoms with Gasteiger partial charge in [0.1, 0.15) is 5.54 Å². The summed E-state index contributed by atoms with van der Waals surface area (Å²) in [5.41, 5.74) is -0.620. The zero-order valence-corrected chi connectivity index (χ0v) is 10.3. The molecule has 1 atom stereocenters. The largest absolute Gasteiger partial charge is 0.481 e. The molecule has 0 fully saturated rings. The van der Waals surface area contributed by atoms with Crippen molar-refractivity contribution in [1.29, 1.82) is 5.26 Å². The molecular weight excluding hydrogens is 206 g/mol. The topological polar surface area (TPSA) is 76.4 Å². The van der Waals surface area contributed by atoms with Gasteiger partial charge in [-0.1, -0.05) is 0 Å². The Morgan fingerprint density at radius 1 is 1.56 bits per heavy atom. The summed E-state index contributed by atoms with van der Waals surface area (Å²) in [4.78, 5) is 12.4. The van der Waals surface area contributed by atoms with Crippen LogP contribution in [0, 0.1) is 11.3 Å². The van der Waals surface area contributed by atoms with Crippen LogP contribution < -0.4 is 5.32 Å². The molecule has 0 aromatic rings. The molecule has 5 heteroatoms. The molecule has 16 heavy (non-hydrogen) atoms. The highest BCUT2D eigenvalue weighted by molar-refractivity contribution is 5.66. The zero-order chi connectivity index (χ0) is 12.6. The van der Waals surface area contributed by atoms with Crippen molar-refractivity contribution in [2.24, 2.45) is 0 Å². The number of carboxylic acids is 1. The summed E-state index contributed by atoms with van der Waals surface area (Å²) in [5, 5.41) is 20.7. The van der Waals surface area contributed by atoms with E-state index in [1.54, 1.807) is 0 Å². The standard InChI is InChI=1S/C11H21N3O2/c1-11(9-12,6-4-5-10(15)16)13-7-8-14(2)3/h13H,4-8H2,1-3H3,(H,15,16). The Balaban J connectivity index is 3.92. The molecule has 0 aliphatic carbocycles. The van der Waals surface area contributed by atoms with E-state index in [4.69, 9.17) is 10.4 Å². The van der Waals surface area contributed by atoms with Crippen LogP contribution in [0.4, 0.5) is 0 Å². The number of aliphatic carboxylic acids is 1. The molecule has 0 spiro atoms. The summed E-state index contributed by atoms with van der Waals surface area (Å²) in [7, 11) is 3.94. The molecule has 0 saturated carbocycles. The Morgan fingerprint density at radius 2 is 2.19 bits per heavy atom. The SMILES string of the molecule is CN(C)CCNC(C)(C#N)CCCC(=O)O. The number of carbonyl (C=O) groups is 1. The van der Waals surface area contributed by atoms with Gasteiger partial charge in [-0.2, -0.15) is 5.26 Å². The summed E-state index contributed by atoms with van der Waals surface area (Å²) in [5.74, 6) is -0.811. The lowest BCUT2D eigenvalue weighted by atomic mass is 9.96. The van der Waals surface area contributed by atoms with E-state index in [1.165, 1.54) is 0 Å². The van der Waals surface area contributed by atoms with E-state index in [0.29, 0.717) is 12.8 Å². The first-order chi connectivity index (χ1) is 7.39. The summed E-state index contributed by atoms with van der Waals surface area (Å²) in [6.45, 7) is 3.39. The Morgan fingerprint density at radius 3 is 2.62 bits per heavy atom. The summed E-state index contributed by atoms with van der Waals surface area (Å²) >= 11 is 0. The Kier molecular flexibility index (Phi) is 6.70. The van der Waals surface area contributed by atoms with Crippen molar-refractivity contribution >= 4 is 5.97 Å². The average molecular weight is 227 g/mol. The second-order valence-electron chi connectivity index (χ2n) is 4.42. The second-order valence-corrected chi connectivity index (χ2v) is 4.42. The van der Waals surface area contributed by atoms with E-state index in [2.05, 4.69) is 11.4 Å². The van der Waals surface area contributed by atoms with Crippen molar-refractivity contribution in [1.82, 2.24) is 10.2 Å². The van der Waals surface area contributed by atoms with Crippen LogP contribution in [0.25, 0.3) is 0 Å². The maximum atomic E-state index is 10.4. The van der Waals surface area contributed by atoms with E-state index in [9.17, 15) is 4.79 Å². The highest BCUT2D eigenvalue weighted by atomic mass is 16.4. The molecule has 2 N–H and O–H groups in total. The first-order valence-electron chi connectivity index (χ1n) is 5.42. The Hall–Kier alpha value is -1.12. The van der Waals surface area contributed by atoms with Gasteiger partial charge in [-0.15, -0.1) is 0 Å². The predicted molar refractivity (Wildman–Crippen MR) is 62.1 cm³/mol. The molecule has 0 bridgehead atoms. The van der Waals surface area contributed by atoms with Gasteiger partial charge in [-0.05, 0) is 33.9 Å². The fourth-order valence-electron chi connectivity index (χ4n) is 1.33. The molecule has 1 unspecified atom stereocenters. The van der Waals surface area contributed by atoms with Crippen molar-refractivity contribution in [3.05, 3.63) is 0 Å². The van der Waals surface area contributed by atoms with Crippen LogP contribution in [0.5, 0.6) is 0 Å².